The molecule has 2 atom stereocenters. The summed E-state index contributed by atoms with van der Waals surface area (Å²) < 4.78 is 26.4. The van der Waals surface area contributed by atoms with Crippen LogP contribution in [0.3, 0.4) is 0 Å². The number of benzene rings is 1. The SMILES string of the molecule is CN1C[C@H]2CC2(c2ccc(F)cc2F)C1. The normalized spacial score (nSPS) is 34.2. The van der Waals surface area contributed by atoms with Gasteiger partial charge >= 0.3 is 0 Å². The Labute approximate surface area is 87.7 Å². The van der Waals surface area contributed by atoms with Crippen LogP contribution in [0.5, 0.6) is 0 Å². The fourth-order valence-corrected chi connectivity index (χ4v) is 3.04. The molecule has 2 fully saturated rings. The summed E-state index contributed by atoms with van der Waals surface area (Å²) in [6, 6.07) is 3.97. The second-order valence-corrected chi connectivity index (χ2v) is 4.88. The Kier molecular flexibility index (Phi) is 1.72. The Morgan fingerprint density at radius 2 is 2.20 bits per heavy atom. The highest BCUT2D eigenvalue weighted by Gasteiger charge is 2.60. The first-order valence-corrected chi connectivity index (χ1v) is 5.26. The largest absolute Gasteiger partial charge is 0.305 e. The molecule has 1 unspecified atom stereocenters. The van der Waals surface area contributed by atoms with Gasteiger partial charge in [-0.15, -0.1) is 0 Å². The van der Waals surface area contributed by atoms with Crippen molar-refractivity contribution < 1.29 is 8.78 Å². The minimum absolute atomic E-state index is 0.00741. The summed E-state index contributed by atoms with van der Waals surface area (Å²) in [5.41, 5.74) is 0.699. The molecule has 0 aromatic heterocycles. The van der Waals surface area contributed by atoms with Gasteiger partial charge in [0.05, 0.1) is 0 Å². The van der Waals surface area contributed by atoms with Gasteiger partial charge in [0.2, 0.25) is 0 Å². The van der Waals surface area contributed by atoms with E-state index in [1.54, 1.807) is 6.07 Å². The molecule has 1 aromatic carbocycles. The van der Waals surface area contributed by atoms with E-state index in [4.69, 9.17) is 0 Å². The quantitative estimate of drug-likeness (QED) is 0.685. The zero-order valence-electron chi connectivity index (χ0n) is 8.63. The molecule has 0 amide bonds. The lowest BCUT2D eigenvalue weighted by Crippen LogP contribution is -2.23. The van der Waals surface area contributed by atoms with E-state index in [1.807, 2.05) is 0 Å². The molecule has 3 heteroatoms. The van der Waals surface area contributed by atoms with Crippen LogP contribution < -0.4 is 0 Å². The van der Waals surface area contributed by atoms with Gasteiger partial charge < -0.3 is 4.90 Å². The molecule has 0 radical (unpaired) electrons. The predicted molar refractivity (Wildman–Crippen MR) is 53.6 cm³/mol. The minimum atomic E-state index is -0.490. The molecule has 3 rings (SSSR count). The Balaban J connectivity index is 2.01. The van der Waals surface area contributed by atoms with Crippen LogP contribution >= 0.6 is 0 Å². The molecule has 80 valence electrons. The van der Waals surface area contributed by atoms with Crippen LogP contribution in [0.25, 0.3) is 0 Å². The van der Waals surface area contributed by atoms with E-state index in [0.717, 1.165) is 25.6 Å². The molecule has 0 N–H and O–H groups in total. The average Bonchev–Trinajstić information content (AvgIpc) is 2.69. The first-order valence-electron chi connectivity index (χ1n) is 5.26. The van der Waals surface area contributed by atoms with Crippen molar-refractivity contribution in [3.05, 3.63) is 35.4 Å². The highest BCUT2D eigenvalue weighted by molar-refractivity contribution is 5.38. The van der Waals surface area contributed by atoms with Crippen LogP contribution in [0.4, 0.5) is 8.78 Å². The van der Waals surface area contributed by atoms with Crippen LogP contribution in [0.2, 0.25) is 0 Å². The average molecular weight is 209 g/mol. The van der Waals surface area contributed by atoms with E-state index in [9.17, 15) is 8.78 Å². The van der Waals surface area contributed by atoms with Gasteiger partial charge in [0.1, 0.15) is 11.6 Å². The summed E-state index contributed by atoms with van der Waals surface area (Å²) in [6.07, 6.45) is 1.06. The molecular formula is C12H13F2N. The second kappa shape index (κ2) is 2.79. The molecule has 1 nitrogen and oxygen atoms in total. The summed E-state index contributed by atoms with van der Waals surface area (Å²) in [5, 5.41) is 0. The number of piperidine rings is 1. The third kappa shape index (κ3) is 1.22. The number of fused-ring (bicyclic) bond motifs is 1. The van der Waals surface area contributed by atoms with E-state index >= 15 is 0 Å². The number of rotatable bonds is 1. The molecule has 1 aromatic rings. The Bertz CT molecular complexity index is 418. The van der Waals surface area contributed by atoms with E-state index < -0.39 is 5.82 Å². The third-order valence-electron chi connectivity index (χ3n) is 3.78. The number of likely N-dealkylation sites (tertiary alicyclic amines) is 1. The zero-order chi connectivity index (χ0) is 10.6. The van der Waals surface area contributed by atoms with Crippen LogP contribution in [0, 0.1) is 17.6 Å². The predicted octanol–water partition coefficient (Wildman–Crippen LogP) is 2.17. The smallest absolute Gasteiger partial charge is 0.129 e. The molecule has 0 spiro atoms. The lowest BCUT2D eigenvalue weighted by Gasteiger charge is -2.17. The topological polar surface area (TPSA) is 3.24 Å². The van der Waals surface area contributed by atoms with Crippen molar-refractivity contribution in [2.75, 3.05) is 20.1 Å². The summed E-state index contributed by atoms with van der Waals surface area (Å²) >= 11 is 0. The summed E-state index contributed by atoms with van der Waals surface area (Å²) in [6.45, 7) is 1.94. The van der Waals surface area contributed by atoms with Crippen LogP contribution in [0.1, 0.15) is 12.0 Å². The Hall–Kier alpha value is -0.960. The lowest BCUT2D eigenvalue weighted by molar-refractivity contribution is 0.361. The minimum Gasteiger partial charge on any atom is -0.305 e. The maximum atomic E-state index is 13.6. The molecule has 1 aliphatic carbocycles. The van der Waals surface area contributed by atoms with Gasteiger partial charge in [0, 0.05) is 24.6 Å². The number of hydrogen-bond acceptors (Lipinski definition) is 1. The molecule has 0 bridgehead atoms. The third-order valence-corrected chi connectivity index (χ3v) is 3.78. The van der Waals surface area contributed by atoms with Crippen molar-refractivity contribution in [2.45, 2.75) is 11.8 Å². The van der Waals surface area contributed by atoms with E-state index in [-0.39, 0.29) is 11.2 Å². The second-order valence-electron chi connectivity index (χ2n) is 4.88. The number of halogens is 2. The van der Waals surface area contributed by atoms with Crippen LogP contribution in [0.15, 0.2) is 18.2 Å². The molecule has 15 heavy (non-hydrogen) atoms. The van der Waals surface area contributed by atoms with E-state index in [2.05, 4.69) is 11.9 Å². The van der Waals surface area contributed by atoms with Gasteiger partial charge in [0.25, 0.3) is 0 Å². The van der Waals surface area contributed by atoms with E-state index in [1.165, 1.54) is 6.07 Å². The zero-order valence-corrected chi connectivity index (χ0v) is 8.63. The van der Waals surface area contributed by atoms with Crippen molar-refractivity contribution in [3.63, 3.8) is 0 Å². The first-order chi connectivity index (χ1) is 7.12. The van der Waals surface area contributed by atoms with Crippen molar-refractivity contribution in [2.24, 2.45) is 5.92 Å². The number of likely N-dealkylation sites (N-methyl/N-ethyl adjacent to an activating group) is 1. The van der Waals surface area contributed by atoms with E-state index in [0.29, 0.717) is 11.5 Å². The fraction of sp³-hybridized carbons (Fsp3) is 0.500. The first kappa shape index (κ1) is 9.28. The monoisotopic (exact) mass is 209 g/mol. The summed E-state index contributed by atoms with van der Waals surface area (Å²) in [7, 11) is 2.05. The van der Waals surface area contributed by atoms with Crippen LogP contribution in [-0.2, 0) is 5.41 Å². The molecule has 1 saturated carbocycles. The Morgan fingerprint density at radius 3 is 2.80 bits per heavy atom. The molecule has 1 heterocycles. The maximum absolute atomic E-state index is 13.6. The molecule has 2 aliphatic rings. The summed E-state index contributed by atoms with van der Waals surface area (Å²) in [4.78, 5) is 2.22. The van der Waals surface area contributed by atoms with Crippen molar-refractivity contribution >= 4 is 0 Å². The number of nitrogens with zero attached hydrogens (tertiary/aromatic N) is 1. The molecular weight excluding hydrogens is 196 g/mol. The maximum Gasteiger partial charge on any atom is 0.129 e. The number of hydrogen-bond donors (Lipinski definition) is 0. The van der Waals surface area contributed by atoms with Gasteiger partial charge in [-0.05, 0) is 31.0 Å². The standard InChI is InChI=1S/C12H13F2N/c1-15-6-8-5-12(8,7-15)10-3-2-9(13)4-11(10)14/h2-4,8H,5-7H2,1H3/t8-,12?/m1/s1. The highest BCUT2D eigenvalue weighted by Crippen LogP contribution is 2.59. The van der Waals surface area contributed by atoms with Gasteiger partial charge in [-0.3, -0.25) is 0 Å². The highest BCUT2D eigenvalue weighted by atomic mass is 19.1. The van der Waals surface area contributed by atoms with Gasteiger partial charge in [-0.25, -0.2) is 8.78 Å². The lowest BCUT2D eigenvalue weighted by atomic mass is 9.94. The van der Waals surface area contributed by atoms with Crippen LogP contribution in [-0.4, -0.2) is 25.0 Å². The van der Waals surface area contributed by atoms with Crippen molar-refractivity contribution in [1.82, 2.24) is 4.90 Å². The van der Waals surface area contributed by atoms with Gasteiger partial charge in [-0.1, -0.05) is 6.07 Å². The Morgan fingerprint density at radius 1 is 1.40 bits per heavy atom. The molecule has 1 aliphatic heterocycles. The summed E-state index contributed by atoms with van der Waals surface area (Å²) in [5.74, 6) is -0.300. The fourth-order valence-electron chi connectivity index (χ4n) is 3.04. The molecule has 1 saturated heterocycles. The van der Waals surface area contributed by atoms with Crippen molar-refractivity contribution in [1.29, 1.82) is 0 Å². The van der Waals surface area contributed by atoms with Gasteiger partial charge in [0.15, 0.2) is 0 Å². The van der Waals surface area contributed by atoms with Crippen molar-refractivity contribution in [3.8, 4) is 0 Å². The van der Waals surface area contributed by atoms with Gasteiger partial charge in [-0.2, -0.15) is 0 Å².